The lowest BCUT2D eigenvalue weighted by atomic mass is 10.1. The van der Waals surface area contributed by atoms with Crippen LogP contribution in [0.3, 0.4) is 0 Å². The number of carbonyl (C=O) groups is 1. The number of alkyl carbamates (subject to hydrolysis) is 1. The molecule has 0 radical (unpaired) electrons. The Hall–Kier alpha value is -1.97. The fourth-order valence-corrected chi connectivity index (χ4v) is 1.63. The summed E-state index contributed by atoms with van der Waals surface area (Å²) < 4.78 is 10.4. The highest BCUT2D eigenvalue weighted by Crippen LogP contribution is 2.20. The second-order valence-electron chi connectivity index (χ2n) is 5.53. The molecule has 0 fully saturated rings. The van der Waals surface area contributed by atoms with Gasteiger partial charge in [0.1, 0.15) is 11.4 Å². The molecule has 0 bridgehead atoms. The third-order valence-corrected chi connectivity index (χ3v) is 2.45. The van der Waals surface area contributed by atoms with E-state index in [1.807, 2.05) is 58.0 Å². The van der Waals surface area contributed by atoms with Gasteiger partial charge < -0.3 is 14.8 Å². The Morgan fingerprint density at radius 1 is 1.35 bits per heavy atom. The van der Waals surface area contributed by atoms with Gasteiger partial charge in [0.05, 0.1) is 7.11 Å². The van der Waals surface area contributed by atoms with E-state index < -0.39 is 11.7 Å². The summed E-state index contributed by atoms with van der Waals surface area (Å²) in [6.07, 6.45) is 3.36. The molecule has 0 aliphatic carbocycles. The van der Waals surface area contributed by atoms with Crippen molar-refractivity contribution < 1.29 is 14.3 Å². The number of nitrogens with one attached hydrogen (secondary N) is 1. The second-order valence-corrected chi connectivity index (χ2v) is 5.53. The molecule has 0 aliphatic heterocycles. The van der Waals surface area contributed by atoms with Gasteiger partial charge >= 0.3 is 6.09 Å². The predicted molar refractivity (Wildman–Crippen MR) is 81.0 cm³/mol. The van der Waals surface area contributed by atoms with Gasteiger partial charge in [-0.1, -0.05) is 23.8 Å². The van der Waals surface area contributed by atoms with Crippen molar-refractivity contribution in [1.82, 2.24) is 5.32 Å². The maximum Gasteiger partial charge on any atom is 0.407 e. The van der Waals surface area contributed by atoms with Gasteiger partial charge in [-0.3, -0.25) is 0 Å². The van der Waals surface area contributed by atoms with Crippen molar-refractivity contribution in [2.75, 3.05) is 13.7 Å². The molecule has 20 heavy (non-hydrogen) atoms. The van der Waals surface area contributed by atoms with Gasteiger partial charge in [-0.25, -0.2) is 4.79 Å². The Morgan fingerprint density at radius 3 is 2.65 bits per heavy atom. The zero-order valence-electron chi connectivity index (χ0n) is 12.8. The first-order valence-corrected chi connectivity index (χ1v) is 6.60. The number of benzene rings is 1. The van der Waals surface area contributed by atoms with Gasteiger partial charge in [-0.15, -0.1) is 0 Å². The first kappa shape index (κ1) is 16.1. The average molecular weight is 277 g/mol. The fourth-order valence-electron chi connectivity index (χ4n) is 1.63. The molecule has 110 valence electrons. The highest BCUT2D eigenvalue weighted by Gasteiger charge is 2.14. The molecule has 4 heteroatoms. The largest absolute Gasteiger partial charge is 0.496 e. The summed E-state index contributed by atoms with van der Waals surface area (Å²) in [5, 5.41) is 2.67. The smallest absolute Gasteiger partial charge is 0.407 e. The zero-order valence-corrected chi connectivity index (χ0v) is 12.8. The van der Waals surface area contributed by atoms with Gasteiger partial charge in [-0.2, -0.15) is 0 Å². The molecule has 0 spiro atoms. The van der Waals surface area contributed by atoms with Crippen molar-refractivity contribution in [1.29, 1.82) is 0 Å². The minimum Gasteiger partial charge on any atom is -0.496 e. The molecule has 1 aromatic carbocycles. The average Bonchev–Trinajstić information content (AvgIpc) is 2.33. The van der Waals surface area contributed by atoms with Crippen molar-refractivity contribution in [3.63, 3.8) is 0 Å². The Bertz CT molecular complexity index is 487. The summed E-state index contributed by atoms with van der Waals surface area (Å²) in [5.41, 5.74) is 1.66. The molecule has 1 amide bonds. The van der Waals surface area contributed by atoms with Crippen molar-refractivity contribution >= 4 is 12.2 Å². The highest BCUT2D eigenvalue weighted by atomic mass is 16.6. The number of hydrogen-bond acceptors (Lipinski definition) is 3. The number of ether oxygens (including phenoxy) is 2. The Balaban J connectivity index is 2.53. The second kappa shape index (κ2) is 6.98. The third kappa shape index (κ3) is 5.78. The summed E-state index contributed by atoms with van der Waals surface area (Å²) in [6, 6.07) is 5.95. The zero-order chi connectivity index (χ0) is 15.2. The monoisotopic (exact) mass is 277 g/mol. The van der Waals surface area contributed by atoms with Crippen LogP contribution < -0.4 is 10.1 Å². The molecule has 0 unspecified atom stereocenters. The number of methoxy groups -OCH3 is 1. The van der Waals surface area contributed by atoms with Crippen LogP contribution in [0.4, 0.5) is 4.79 Å². The van der Waals surface area contributed by atoms with E-state index in [9.17, 15) is 4.79 Å². The van der Waals surface area contributed by atoms with Crippen molar-refractivity contribution in [3.8, 4) is 5.75 Å². The minimum absolute atomic E-state index is 0.409. The Kier molecular flexibility index (Phi) is 5.62. The predicted octanol–water partition coefficient (Wildman–Crippen LogP) is 3.54. The molecule has 1 aromatic rings. The first-order chi connectivity index (χ1) is 9.31. The summed E-state index contributed by atoms with van der Waals surface area (Å²) in [5.74, 6) is 0.809. The quantitative estimate of drug-likeness (QED) is 0.915. The highest BCUT2D eigenvalue weighted by molar-refractivity contribution is 5.68. The first-order valence-electron chi connectivity index (χ1n) is 6.60. The van der Waals surface area contributed by atoms with Crippen LogP contribution in [0.1, 0.15) is 31.9 Å². The van der Waals surface area contributed by atoms with Crippen LogP contribution in [-0.2, 0) is 4.74 Å². The van der Waals surface area contributed by atoms with Gasteiger partial charge in [0, 0.05) is 12.1 Å². The topological polar surface area (TPSA) is 47.6 Å². The summed E-state index contributed by atoms with van der Waals surface area (Å²) in [4.78, 5) is 11.5. The molecular formula is C16H23NO3. The molecule has 1 N–H and O–H groups in total. The lowest BCUT2D eigenvalue weighted by molar-refractivity contribution is 0.0534. The number of aryl methyl sites for hydroxylation is 1. The molecule has 0 heterocycles. The van der Waals surface area contributed by atoms with Crippen LogP contribution in [0.25, 0.3) is 6.08 Å². The Morgan fingerprint density at radius 2 is 2.05 bits per heavy atom. The maximum atomic E-state index is 11.5. The molecule has 0 aromatic heterocycles. The molecule has 0 saturated carbocycles. The molecule has 1 rings (SSSR count). The van der Waals surface area contributed by atoms with Crippen molar-refractivity contribution in [2.45, 2.75) is 33.3 Å². The lowest BCUT2D eigenvalue weighted by Crippen LogP contribution is -2.32. The number of amides is 1. The van der Waals surface area contributed by atoms with Crippen LogP contribution in [0.5, 0.6) is 5.75 Å². The van der Waals surface area contributed by atoms with E-state index in [2.05, 4.69) is 5.32 Å². The van der Waals surface area contributed by atoms with Crippen LogP contribution in [-0.4, -0.2) is 25.3 Å². The van der Waals surface area contributed by atoms with E-state index in [-0.39, 0.29) is 0 Å². The fraction of sp³-hybridized carbons (Fsp3) is 0.438. The van der Waals surface area contributed by atoms with Crippen molar-refractivity contribution in [2.24, 2.45) is 0 Å². The third-order valence-electron chi connectivity index (χ3n) is 2.45. The summed E-state index contributed by atoms with van der Waals surface area (Å²) in [7, 11) is 1.64. The lowest BCUT2D eigenvalue weighted by Gasteiger charge is -2.19. The van der Waals surface area contributed by atoms with E-state index in [1.54, 1.807) is 7.11 Å². The number of carbonyl (C=O) groups excluding carboxylic acids is 1. The summed E-state index contributed by atoms with van der Waals surface area (Å²) in [6.45, 7) is 7.93. The van der Waals surface area contributed by atoms with E-state index in [0.717, 1.165) is 16.9 Å². The Labute approximate surface area is 120 Å². The van der Waals surface area contributed by atoms with Crippen LogP contribution >= 0.6 is 0 Å². The van der Waals surface area contributed by atoms with Gasteiger partial charge in [0.25, 0.3) is 0 Å². The summed E-state index contributed by atoms with van der Waals surface area (Å²) >= 11 is 0. The SMILES string of the molecule is COc1ccc(C)cc1C=CCNC(=O)OC(C)(C)C. The molecule has 0 saturated heterocycles. The molecule has 4 nitrogen and oxygen atoms in total. The number of hydrogen-bond donors (Lipinski definition) is 1. The van der Waals surface area contributed by atoms with E-state index in [4.69, 9.17) is 9.47 Å². The van der Waals surface area contributed by atoms with Crippen molar-refractivity contribution in [3.05, 3.63) is 35.4 Å². The van der Waals surface area contributed by atoms with Gasteiger partial charge in [0.15, 0.2) is 0 Å². The molecule has 0 aliphatic rings. The minimum atomic E-state index is -0.479. The van der Waals surface area contributed by atoms with Crippen LogP contribution in [0, 0.1) is 6.92 Å². The van der Waals surface area contributed by atoms with E-state index in [0.29, 0.717) is 6.54 Å². The normalized spacial score (nSPS) is 11.4. The van der Waals surface area contributed by atoms with Crippen LogP contribution in [0.15, 0.2) is 24.3 Å². The molecule has 0 atom stereocenters. The van der Waals surface area contributed by atoms with Gasteiger partial charge in [0.2, 0.25) is 0 Å². The van der Waals surface area contributed by atoms with Gasteiger partial charge in [-0.05, 0) is 39.8 Å². The number of rotatable bonds is 4. The van der Waals surface area contributed by atoms with E-state index >= 15 is 0 Å². The molecular weight excluding hydrogens is 254 g/mol. The standard InChI is InChI=1S/C16H23NO3/c1-12-8-9-14(19-5)13(11-12)7-6-10-17-15(18)20-16(2,3)4/h6-9,11H,10H2,1-5H3,(H,17,18). The van der Waals surface area contributed by atoms with E-state index in [1.165, 1.54) is 0 Å². The van der Waals surface area contributed by atoms with Crippen LogP contribution in [0.2, 0.25) is 0 Å². The maximum absolute atomic E-state index is 11.5.